The highest BCUT2D eigenvalue weighted by Gasteiger charge is 2.82. The number of methoxy groups -OCH3 is 1. The van der Waals surface area contributed by atoms with Gasteiger partial charge >= 0.3 is 5.97 Å². The third kappa shape index (κ3) is 4.62. The molecule has 5 aliphatic carbocycles. The summed E-state index contributed by atoms with van der Waals surface area (Å²) in [5, 5.41) is 9.88. The lowest BCUT2D eigenvalue weighted by molar-refractivity contribution is -0.179. The van der Waals surface area contributed by atoms with Gasteiger partial charge in [0, 0.05) is 11.5 Å². The van der Waals surface area contributed by atoms with E-state index in [0.29, 0.717) is 33.3 Å². The molecule has 44 heavy (non-hydrogen) atoms. The highest BCUT2D eigenvalue weighted by atomic mass is 16.5. The van der Waals surface area contributed by atoms with E-state index < -0.39 is 0 Å². The molecule has 3 unspecified atom stereocenters. The van der Waals surface area contributed by atoms with Crippen LogP contribution in [0.15, 0.2) is 35.9 Å². The summed E-state index contributed by atoms with van der Waals surface area (Å²) < 4.78 is 11.4. The van der Waals surface area contributed by atoms with Gasteiger partial charge in [0.25, 0.3) is 0 Å². The van der Waals surface area contributed by atoms with Gasteiger partial charge in [-0.2, -0.15) is 0 Å². The van der Waals surface area contributed by atoms with Crippen molar-refractivity contribution >= 4 is 12.0 Å². The van der Waals surface area contributed by atoms with Gasteiger partial charge in [-0.05, 0) is 154 Å². The van der Waals surface area contributed by atoms with E-state index in [0.717, 1.165) is 29.7 Å². The molecule has 0 aliphatic heterocycles. The molecule has 2 spiro atoms. The van der Waals surface area contributed by atoms with Crippen molar-refractivity contribution in [3.8, 4) is 11.5 Å². The van der Waals surface area contributed by atoms with Gasteiger partial charge in [0.15, 0.2) is 11.5 Å². The number of benzene rings is 1. The number of hydrogen-bond donors (Lipinski definition) is 1. The summed E-state index contributed by atoms with van der Waals surface area (Å²) in [6, 6.07) is 5.09. The highest BCUT2D eigenvalue weighted by molar-refractivity contribution is 5.87. The number of ether oxygens (including phenoxy) is 2. The minimum atomic E-state index is -0.276. The van der Waals surface area contributed by atoms with Crippen molar-refractivity contribution in [1.82, 2.24) is 0 Å². The number of carbonyl (C=O) groups excluding carboxylic acids is 1. The van der Waals surface area contributed by atoms with Crippen LogP contribution in [0.25, 0.3) is 6.08 Å². The van der Waals surface area contributed by atoms with E-state index in [1.807, 2.05) is 0 Å². The van der Waals surface area contributed by atoms with Crippen molar-refractivity contribution in [3.63, 3.8) is 0 Å². The van der Waals surface area contributed by atoms with E-state index in [-0.39, 0.29) is 23.2 Å². The highest BCUT2D eigenvalue weighted by Crippen LogP contribution is 2.89. The zero-order chi connectivity index (χ0) is 31.7. The third-order valence-corrected chi connectivity index (χ3v) is 14.8. The fourth-order valence-electron chi connectivity index (χ4n) is 12.5. The lowest BCUT2D eigenvalue weighted by Gasteiger charge is -2.63. The van der Waals surface area contributed by atoms with Crippen molar-refractivity contribution < 1.29 is 19.4 Å². The second kappa shape index (κ2) is 10.9. The van der Waals surface area contributed by atoms with Crippen molar-refractivity contribution in [3.05, 3.63) is 41.5 Å². The number of esters is 1. The van der Waals surface area contributed by atoms with Crippen LogP contribution < -0.4 is 4.74 Å². The Balaban J connectivity index is 1.15. The van der Waals surface area contributed by atoms with Crippen LogP contribution in [0.5, 0.6) is 11.5 Å². The predicted octanol–water partition coefficient (Wildman–Crippen LogP) is 10.1. The van der Waals surface area contributed by atoms with Crippen LogP contribution in [-0.4, -0.2) is 24.3 Å². The molecule has 0 saturated heterocycles. The molecular weight excluding hydrogens is 544 g/mol. The molecule has 0 amide bonds. The average molecular weight is 603 g/mol. The molecule has 4 nitrogen and oxygen atoms in total. The van der Waals surface area contributed by atoms with Crippen LogP contribution in [0.1, 0.15) is 125 Å². The Kier molecular flexibility index (Phi) is 7.89. The maximum absolute atomic E-state index is 13.1. The van der Waals surface area contributed by atoms with Crippen molar-refractivity contribution in [2.24, 2.45) is 50.7 Å². The number of carbonyl (C=O) groups is 1. The molecule has 0 radical (unpaired) electrons. The van der Waals surface area contributed by atoms with Gasteiger partial charge < -0.3 is 14.6 Å². The van der Waals surface area contributed by atoms with Crippen molar-refractivity contribution in [2.75, 3.05) is 7.11 Å². The van der Waals surface area contributed by atoms with E-state index in [1.54, 1.807) is 24.3 Å². The largest absolute Gasteiger partial charge is 0.504 e. The number of aromatic hydroxyl groups is 1. The molecule has 5 fully saturated rings. The van der Waals surface area contributed by atoms with Crippen LogP contribution in [0.3, 0.4) is 0 Å². The summed E-state index contributed by atoms with van der Waals surface area (Å²) in [7, 11) is 1.53. The average Bonchev–Trinajstić information content (AvgIpc) is 3.55. The molecule has 9 atom stereocenters. The summed E-state index contributed by atoms with van der Waals surface area (Å²) in [4.78, 5) is 13.1. The molecular formula is C40H58O4. The quantitative estimate of drug-likeness (QED) is 0.183. The maximum atomic E-state index is 13.1. The Morgan fingerprint density at radius 2 is 1.70 bits per heavy atom. The topological polar surface area (TPSA) is 55.8 Å². The van der Waals surface area contributed by atoms with Crippen LogP contribution in [0.2, 0.25) is 0 Å². The number of fused-ring (bicyclic) bond motifs is 2. The molecule has 1 N–H and O–H groups in total. The molecule has 1 aromatic carbocycles. The fourth-order valence-corrected chi connectivity index (χ4v) is 12.5. The Bertz CT molecular complexity index is 1340. The summed E-state index contributed by atoms with van der Waals surface area (Å²) in [5.74, 6) is 3.33. The Morgan fingerprint density at radius 3 is 2.43 bits per heavy atom. The molecule has 5 saturated carbocycles. The van der Waals surface area contributed by atoms with Gasteiger partial charge in [0.1, 0.15) is 6.10 Å². The summed E-state index contributed by atoms with van der Waals surface area (Å²) in [5.41, 5.74) is 4.08. The zero-order valence-electron chi connectivity index (χ0n) is 28.8. The number of allylic oxidation sites excluding steroid dienone is 2. The molecule has 0 bridgehead atoms. The second-order valence-electron chi connectivity index (χ2n) is 17.0. The van der Waals surface area contributed by atoms with Gasteiger partial charge in [-0.3, -0.25) is 0 Å². The van der Waals surface area contributed by atoms with Crippen LogP contribution in [-0.2, 0) is 9.53 Å². The molecule has 1 aromatic rings. The normalized spacial score (nSPS) is 40.6. The Morgan fingerprint density at radius 1 is 0.977 bits per heavy atom. The molecule has 0 aromatic heterocycles. The number of phenols is 1. The molecule has 6 rings (SSSR count). The first-order valence-electron chi connectivity index (χ1n) is 17.6. The standard InChI is InChI=1S/C40H58O4/c1-26(2)10-9-11-27(3)29-18-20-38(7)33-16-15-32-36(4,5)34(19-21-39(32)25-40(33,39)23-22-37(29,38)6)44-35(42)17-13-28-12-14-30(41)31(24-28)43-8/h10,12-14,17,24,27,29,32-34,41H,9,11,15-16,18-23,25H2,1-8H3/b17-13+/t27-,29-,32?,33?,34+,37-,38+,39-,40?/m1/s1. The lowest BCUT2D eigenvalue weighted by Crippen LogP contribution is -2.58. The fraction of sp³-hybridized carbons (Fsp3) is 0.725. The smallest absolute Gasteiger partial charge is 0.331 e. The Hall–Kier alpha value is -2.23. The SMILES string of the molecule is COc1cc(/C=C/C(=O)O[C@H]2CC[C@]34CC35CC[C@]3(C)[C@@H]([C@H](C)CCC=C(C)C)CC[C@@]3(C)C5CCC4C2(C)C)ccc1O. The second-order valence-corrected chi connectivity index (χ2v) is 17.0. The molecule has 242 valence electrons. The van der Waals surface area contributed by atoms with E-state index in [9.17, 15) is 9.90 Å². The molecule has 5 aliphatic rings. The van der Waals surface area contributed by atoms with E-state index in [1.165, 1.54) is 83.0 Å². The minimum Gasteiger partial charge on any atom is -0.504 e. The van der Waals surface area contributed by atoms with Crippen LogP contribution in [0.4, 0.5) is 0 Å². The van der Waals surface area contributed by atoms with Crippen molar-refractivity contribution in [2.45, 2.75) is 125 Å². The lowest BCUT2D eigenvalue weighted by atomic mass is 9.41. The predicted molar refractivity (Wildman–Crippen MR) is 178 cm³/mol. The van der Waals surface area contributed by atoms with E-state index in [2.05, 4.69) is 54.5 Å². The first kappa shape index (κ1) is 31.7. The minimum absolute atomic E-state index is 0.0305. The molecule has 4 heteroatoms. The maximum Gasteiger partial charge on any atom is 0.331 e. The zero-order valence-corrected chi connectivity index (χ0v) is 28.8. The Labute approximate surface area is 267 Å². The number of rotatable bonds is 8. The monoisotopic (exact) mass is 602 g/mol. The number of phenolic OH excluding ortho intramolecular Hbond substituents is 1. The summed E-state index contributed by atoms with van der Waals surface area (Å²) in [6.45, 7) is 17.2. The van der Waals surface area contributed by atoms with Gasteiger partial charge in [-0.1, -0.05) is 52.3 Å². The van der Waals surface area contributed by atoms with Gasteiger partial charge in [0.05, 0.1) is 7.11 Å². The molecule has 0 heterocycles. The van der Waals surface area contributed by atoms with E-state index >= 15 is 0 Å². The van der Waals surface area contributed by atoms with Crippen LogP contribution >= 0.6 is 0 Å². The summed E-state index contributed by atoms with van der Waals surface area (Å²) in [6.07, 6.45) is 20.1. The first-order chi connectivity index (χ1) is 20.7. The van der Waals surface area contributed by atoms with Gasteiger partial charge in [-0.25, -0.2) is 4.79 Å². The van der Waals surface area contributed by atoms with Crippen LogP contribution in [0, 0.1) is 50.7 Å². The van der Waals surface area contributed by atoms with Crippen molar-refractivity contribution in [1.29, 1.82) is 0 Å². The summed E-state index contributed by atoms with van der Waals surface area (Å²) >= 11 is 0. The third-order valence-electron chi connectivity index (χ3n) is 14.8. The van der Waals surface area contributed by atoms with Gasteiger partial charge in [0.2, 0.25) is 0 Å². The van der Waals surface area contributed by atoms with E-state index in [4.69, 9.17) is 9.47 Å². The first-order valence-corrected chi connectivity index (χ1v) is 17.6. The number of hydrogen-bond acceptors (Lipinski definition) is 4. The van der Waals surface area contributed by atoms with Gasteiger partial charge in [-0.15, -0.1) is 0 Å².